The number of carbonyl (C=O) groups is 1. The quantitative estimate of drug-likeness (QED) is 0.661. The summed E-state index contributed by atoms with van der Waals surface area (Å²) in [6.45, 7) is 1.36. The number of anilines is 1. The van der Waals surface area contributed by atoms with E-state index in [2.05, 4.69) is 0 Å². The molecule has 0 N–H and O–H groups in total. The Morgan fingerprint density at radius 3 is 2.36 bits per heavy atom. The van der Waals surface area contributed by atoms with Gasteiger partial charge in [-0.2, -0.15) is 0 Å². The first-order chi connectivity index (χ1) is 13.1. The molecule has 0 bridgehead atoms. The van der Waals surface area contributed by atoms with Gasteiger partial charge in [0.1, 0.15) is 5.75 Å². The Morgan fingerprint density at radius 1 is 1.14 bits per heavy atom. The van der Waals surface area contributed by atoms with Gasteiger partial charge in [0, 0.05) is 5.56 Å². The first-order valence-electron chi connectivity index (χ1n) is 8.64. The lowest BCUT2D eigenvalue weighted by molar-refractivity contribution is 0.101. The van der Waals surface area contributed by atoms with Crippen LogP contribution >= 0.6 is 0 Å². The van der Waals surface area contributed by atoms with Crippen LogP contribution in [0, 0.1) is 0 Å². The second-order valence-electron chi connectivity index (χ2n) is 6.64. The summed E-state index contributed by atoms with van der Waals surface area (Å²) in [5.41, 5.74) is 0.617. The van der Waals surface area contributed by atoms with Crippen LogP contribution in [-0.4, -0.2) is 47.3 Å². The third-order valence-corrected chi connectivity index (χ3v) is 8.29. The minimum absolute atomic E-state index is 0.0553. The van der Waals surface area contributed by atoms with Crippen molar-refractivity contribution in [3.8, 4) is 5.75 Å². The Balaban J connectivity index is 2.12. The maximum absolute atomic E-state index is 13.4. The molecule has 1 fully saturated rings. The number of methoxy groups -OCH3 is 1. The Labute approximate surface area is 164 Å². The summed E-state index contributed by atoms with van der Waals surface area (Å²) in [6.07, 6.45) is 0.208. The first kappa shape index (κ1) is 20.3. The van der Waals surface area contributed by atoms with Crippen LogP contribution in [0.4, 0.5) is 5.69 Å². The van der Waals surface area contributed by atoms with Crippen LogP contribution in [0.3, 0.4) is 0 Å². The van der Waals surface area contributed by atoms with Crippen molar-refractivity contribution in [2.75, 3.05) is 22.9 Å². The van der Waals surface area contributed by atoms with Gasteiger partial charge in [-0.15, -0.1) is 0 Å². The average Bonchev–Trinajstić information content (AvgIpc) is 3.01. The van der Waals surface area contributed by atoms with Gasteiger partial charge in [-0.05, 0) is 49.7 Å². The van der Waals surface area contributed by atoms with E-state index in [1.807, 2.05) is 0 Å². The van der Waals surface area contributed by atoms with Crippen molar-refractivity contribution in [2.45, 2.75) is 24.3 Å². The van der Waals surface area contributed by atoms with E-state index in [4.69, 9.17) is 4.74 Å². The second-order valence-corrected chi connectivity index (χ2v) is 10.7. The van der Waals surface area contributed by atoms with E-state index in [1.54, 1.807) is 30.3 Å². The SMILES string of the molecule is COc1ccc(N(C2CCS(=O)(=O)C2)S(=O)(=O)c2cccc(C(C)=O)c2)cc1. The molecule has 3 rings (SSSR count). The lowest BCUT2D eigenvalue weighted by Gasteiger charge is -2.30. The van der Waals surface area contributed by atoms with Gasteiger partial charge >= 0.3 is 0 Å². The summed E-state index contributed by atoms with van der Waals surface area (Å²) in [6, 6.07) is 11.4. The normalized spacial score (nSPS) is 18.6. The third kappa shape index (κ3) is 4.05. The zero-order valence-electron chi connectivity index (χ0n) is 15.5. The Bertz CT molecular complexity index is 1090. The lowest BCUT2D eigenvalue weighted by Crippen LogP contribution is -2.41. The minimum atomic E-state index is -4.09. The van der Waals surface area contributed by atoms with Crippen LogP contribution in [0.5, 0.6) is 5.75 Å². The molecular formula is C19H21NO6S2. The number of Topliss-reactive ketones (excluding diaryl/α,β-unsaturated/α-hetero) is 1. The van der Waals surface area contributed by atoms with Crippen molar-refractivity contribution in [3.63, 3.8) is 0 Å². The fourth-order valence-corrected chi connectivity index (χ4v) is 6.74. The van der Waals surface area contributed by atoms with Crippen molar-refractivity contribution < 1.29 is 26.4 Å². The molecule has 0 amide bonds. The van der Waals surface area contributed by atoms with Crippen LogP contribution in [0.25, 0.3) is 0 Å². The summed E-state index contributed by atoms with van der Waals surface area (Å²) in [5, 5.41) is 0. The number of hydrogen-bond acceptors (Lipinski definition) is 6. The van der Waals surface area contributed by atoms with Crippen LogP contribution in [0.1, 0.15) is 23.7 Å². The highest BCUT2D eigenvalue weighted by Crippen LogP contribution is 2.32. The van der Waals surface area contributed by atoms with E-state index in [9.17, 15) is 21.6 Å². The molecule has 2 aromatic carbocycles. The Hall–Kier alpha value is -2.39. The highest BCUT2D eigenvalue weighted by Gasteiger charge is 2.39. The van der Waals surface area contributed by atoms with E-state index in [1.165, 1.54) is 32.2 Å². The molecule has 2 aromatic rings. The molecule has 0 aliphatic carbocycles. The molecule has 7 nitrogen and oxygen atoms in total. The largest absolute Gasteiger partial charge is 0.497 e. The van der Waals surface area contributed by atoms with Gasteiger partial charge in [0.15, 0.2) is 15.6 Å². The van der Waals surface area contributed by atoms with Crippen molar-refractivity contribution in [3.05, 3.63) is 54.1 Å². The molecule has 1 unspecified atom stereocenters. The molecular weight excluding hydrogens is 402 g/mol. The maximum Gasteiger partial charge on any atom is 0.264 e. The third-order valence-electron chi connectivity index (χ3n) is 4.66. The van der Waals surface area contributed by atoms with Gasteiger partial charge in [0.25, 0.3) is 10.0 Å². The monoisotopic (exact) mass is 423 g/mol. The highest BCUT2D eigenvalue weighted by atomic mass is 32.2. The fourth-order valence-electron chi connectivity index (χ4n) is 3.22. The smallest absolute Gasteiger partial charge is 0.264 e. The van der Waals surface area contributed by atoms with Crippen molar-refractivity contribution in [1.29, 1.82) is 0 Å². The number of benzene rings is 2. The second kappa shape index (κ2) is 7.56. The van der Waals surface area contributed by atoms with E-state index in [-0.39, 0.29) is 34.2 Å². The van der Waals surface area contributed by atoms with Crippen LogP contribution in [0.15, 0.2) is 53.4 Å². The first-order valence-corrected chi connectivity index (χ1v) is 11.9. The van der Waals surface area contributed by atoms with Gasteiger partial charge in [0.2, 0.25) is 0 Å². The summed E-state index contributed by atoms with van der Waals surface area (Å²) in [7, 11) is -5.90. The molecule has 0 radical (unpaired) electrons. The summed E-state index contributed by atoms with van der Waals surface area (Å²) < 4.78 is 57.2. The molecule has 9 heteroatoms. The predicted molar refractivity (Wildman–Crippen MR) is 106 cm³/mol. The van der Waals surface area contributed by atoms with Crippen LogP contribution in [-0.2, 0) is 19.9 Å². The van der Waals surface area contributed by atoms with Crippen LogP contribution < -0.4 is 9.04 Å². The van der Waals surface area contributed by atoms with Gasteiger partial charge in [-0.25, -0.2) is 16.8 Å². The number of sulfonamides is 1. The number of nitrogens with zero attached hydrogens (tertiary/aromatic N) is 1. The van der Waals surface area contributed by atoms with E-state index in [0.29, 0.717) is 11.4 Å². The minimum Gasteiger partial charge on any atom is -0.497 e. The standard InChI is InChI=1S/C19H21NO6S2/c1-14(21)15-4-3-5-19(12-15)28(24,25)20(17-10-11-27(22,23)13-17)16-6-8-18(26-2)9-7-16/h3-9,12,17H,10-11,13H2,1-2H3. The number of ether oxygens (including phenoxy) is 1. The maximum atomic E-state index is 13.4. The lowest BCUT2D eigenvalue weighted by atomic mass is 10.2. The predicted octanol–water partition coefficient (Wildman–Crippen LogP) is 2.28. The van der Waals surface area contributed by atoms with Gasteiger partial charge < -0.3 is 4.74 Å². The summed E-state index contributed by atoms with van der Waals surface area (Å²) in [5.74, 6) is -0.00643. The number of rotatable bonds is 6. The molecule has 0 aromatic heterocycles. The van der Waals surface area contributed by atoms with E-state index < -0.39 is 25.9 Å². The molecule has 28 heavy (non-hydrogen) atoms. The number of ketones is 1. The molecule has 0 spiro atoms. The fraction of sp³-hybridized carbons (Fsp3) is 0.316. The van der Waals surface area contributed by atoms with E-state index >= 15 is 0 Å². The van der Waals surface area contributed by atoms with Gasteiger partial charge in [-0.1, -0.05) is 12.1 Å². The molecule has 1 aliphatic heterocycles. The summed E-state index contributed by atoms with van der Waals surface area (Å²) in [4.78, 5) is 11.6. The topological polar surface area (TPSA) is 97.8 Å². The van der Waals surface area contributed by atoms with Gasteiger partial charge in [0.05, 0.1) is 35.2 Å². The number of hydrogen-bond donors (Lipinski definition) is 0. The Kier molecular flexibility index (Phi) is 5.49. The zero-order valence-corrected chi connectivity index (χ0v) is 17.2. The zero-order chi connectivity index (χ0) is 20.5. The molecule has 1 atom stereocenters. The highest BCUT2D eigenvalue weighted by molar-refractivity contribution is 7.93. The van der Waals surface area contributed by atoms with Crippen LogP contribution in [0.2, 0.25) is 0 Å². The molecule has 1 heterocycles. The molecule has 1 saturated heterocycles. The van der Waals surface area contributed by atoms with E-state index in [0.717, 1.165) is 4.31 Å². The number of sulfone groups is 1. The summed E-state index contributed by atoms with van der Waals surface area (Å²) >= 11 is 0. The molecule has 0 saturated carbocycles. The Morgan fingerprint density at radius 2 is 1.82 bits per heavy atom. The number of carbonyl (C=O) groups excluding carboxylic acids is 1. The van der Waals surface area contributed by atoms with Gasteiger partial charge in [-0.3, -0.25) is 9.10 Å². The van der Waals surface area contributed by atoms with Crippen molar-refractivity contribution in [1.82, 2.24) is 0 Å². The molecule has 150 valence electrons. The van der Waals surface area contributed by atoms with Crippen molar-refractivity contribution in [2.24, 2.45) is 0 Å². The molecule has 1 aliphatic rings. The average molecular weight is 424 g/mol. The van der Waals surface area contributed by atoms with Crippen molar-refractivity contribution >= 4 is 31.3 Å².